The van der Waals surface area contributed by atoms with Crippen LogP contribution in [0.2, 0.25) is 0 Å². The standard InChI is InChI=1S/C14H24FN3/c1-10(14(2,3)4)18(6)13-12(15)11(9-16-5)7-8-17-13/h7-8,10,16H,9H2,1-6H3. The van der Waals surface area contributed by atoms with Crippen molar-refractivity contribution in [3.8, 4) is 0 Å². The second-order valence-corrected chi connectivity index (χ2v) is 5.79. The van der Waals surface area contributed by atoms with Gasteiger partial charge < -0.3 is 10.2 Å². The van der Waals surface area contributed by atoms with Crippen molar-refractivity contribution in [1.82, 2.24) is 10.3 Å². The van der Waals surface area contributed by atoms with Crippen LogP contribution in [0.15, 0.2) is 12.3 Å². The van der Waals surface area contributed by atoms with E-state index in [4.69, 9.17) is 0 Å². The molecule has 1 atom stereocenters. The molecule has 1 aromatic rings. The molecule has 0 aliphatic heterocycles. The molecule has 1 N–H and O–H groups in total. The van der Waals surface area contributed by atoms with Gasteiger partial charge in [0.2, 0.25) is 0 Å². The van der Waals surface area contributed by atoms with E-state index in [0.29, 0.717) is 17.9 Å². The van der Waals surface area contributed by atoms with Crippen LogP contribution in [0.25, 0.3) is 0 Å². The first-order valence-corrected chi connectivity index (χ1v) is 6.29. The summed E-state index contributed by atoms with van der Waals surface area (Å²) in [4.78, 5) is 6.09. The maximum absolute atomic E-state index is 14.3. The number of rotatable bonds is 4. The molecule has 0 saturated heterocycles. The number of hydrogen-bond donors (Lipinski definition) is 1. The molecule has 1 aromatic heterocycles. The van der Waals surface area contributed by atoms with Crippen LogP contribution in [0.5, 0.6) is 0 Å². The Balaban J connectivity index is 3.06. The second kappa shape index (κ2) is 5.65. The SMILES string of the molecule is CNCc1ccnc(N(C)C(C)C(C)(C)C)c1F. The van der Waals surface area contributed by atoms with Gasteiger partial charge in [-0.15, -0.1) is 0 Å². The number of pyridine rings is 1. The smallest absolute Gasteiger partial charge is 0.170 e. The van der Waals surface area contributed by atoms with E-state index in [-0.39, 0.29) is 17.3 Å². The highest BCUT2D eigenvalue weighted by atomic mass is 19.1. The molecular weight excluding hydrogens is 229 g/mol. The minimum absolute atomic E-state index is 0.0713. The van der Waals surface area contributed by atoms with E-state index in [9.17, 15) is 4.39 Å². The summed E-state index contributed by atoms with van der Waals surface area (Å²) in [5, 5.41) is 2.96. The van der Waals surface area contributed by atoms with Gasteiger partial charge in [0.05, 0.1) is 0 Å². The normalized spacial score (nSPS) is 13.5. The zero-order chi connectivity index (χ0) is 13.9. The van der Waals surface area contributed by atoms with Crippen molar-refractivity contribution in [2.24, 2.45) is 5.41 Å². The molecule has 1 heterocycles. The predicted octanol–water partition coefficient (Wildman–Crippen LogP) is 2.81. The van der Waals surface area contributed by atoms with Gasteiger partial charge in [0.15, 0.2) is 11.6 Å². The van der Waals surface area contributed by atoms with Crippen LogP contribution in [0.3, 0.4) is 0 Å². The van der Waals surface area contributed by atoms with Gasteiger partial charge in [-0.05, 0) is 25.5 Å². The Bertz CT molecular complexity index is 399. The number of aromatic nitrogens is 1. The van der Waals surface area contributed by atoms with E-state index in [1.807, 2.05) is 11.9 Å². The summed E-state index contributed by atoms with van der Waals surface area (Å²) in [5.74, 6) is 0.190. The molecular formula is C14H24FN3. The van der Waals surface area contributed by atoms with Gasteiger partial charge in [-0.2, -0.15) is 0 Å². The monoisotopic (exact) mass is 253 g/mol. The summed E-state index contributed by atoms with van der Waals surface area (Å²) in [7, 11) is 3.70. The summed E-state index contributed by atoms with van der Waals surface area (Å²) in [6, 6.07) is 1.91. The number of halogens is 1. The molecule has 1 unspecified atom stereocenters. The Hall–Kier alpha value is -1.16. The maximum atomic E-state index is 14.3. The zero-order valence-electron chi connectivity index (χ0n) is 12.2. The zero-order valence-corrected chi connectivity index (χ0v) is 12.2. The average Bonchev–Trinajstić information content (AvgIpc) is 2.29. The van der Waals surface area contributed by atoms with E-state index < -0.39 is 0 Å². The van der Waals surface area contributed by atoms with Crippen molar-refractivity contribution in [3.63, 3.8) is 0 Å². The molecule has 3 nitrogen and oxygen atoms in total. The highest BCUT2D eigenvalue weighted by molar-refractivity contribution is 5.43. The van der Waals surface area contributed by atoms with E-state index in [1.54, 1.807) is 19.3 Å². The van der Waals surface area contributed by atoms with Gasteiger partial charge in [-0.1, -0.05) is 20.8 Å². The van der Waals surface area contributed by atoms with Crippen molar-refractivity contribution in [3.05, 3.63) is 23.6 Å². The fourth-order valence-corrected chi connectivity index (χ4v) is 1.81. The fourth-order valence-electron chi connectivity index (χ4n) is 1.81. The molecule has 0 amide bonds. The summed E-state index contributed by atoms with van der Waals surface area (Å²) < 4.78 is 14.3. The fraction of sp³-hybridized carbons (Fsp3) is 0.643. The lowest BCUT2D eigenvalue weighted by atomic mass is 9.87. The highest BCUT2D eigenvalue weighted by Crippen LogP contribution is 2.28. The number of hydrogen-bond acceptors (Lipinski definition) is 3. The van der Waals surface area contributed by atoms with Crippen molar-refractivity contribution >= 4 is 5.82 Å². The molecule has 0 bridgehead atoms. The van der Waals surface area contributed by atoms with Gasteiger partial charge in [-0.25, -0.2) is 9.37 Å². The first-order chi connectivity index (χ1) is 8.29. The molecule has 1 rings (SSSR count). The molecule has 0 aromatic carbocycles. The lowest BCUT2D eigenvalue weighted by Gasteiger charge is -2.36. The van der Waals surface area contributed by atoms with E-state index in [1.165, 1.54) is 0 Å². The van der Waals surface area contributed by atoms with Crippen molar-refractivity contribution in [2.45, 2.75) is 40.3 Å². The van der Waals surface area contributed by atoms with Crippen LogP contribution in [-0.4, -0.2) is 25.1 Å². The summed E-state index contributed by atoms with van der Waals surface area (Å²) >= 11 is 0. The Morgan fingerprint density at radius 3 is 2.56 bits per heavy atom. The van der Waals surface area contributed by atoms with Crippen LogP contribution in [0, 0.1) is 11.2 Å². The minimum atomic E-state index is -0.231. The van der Waals surface area contributed by atoms with Gasteiger partial charge in [-0.3, -0.25) is 0 Å². The summed E-state index contributed by atoms with van der Waals surface area (Å²) in [6.07, 6.45) is 1.66. The molecule has 0 aliphatic carbocycles. The van der Waals surface area contributed by atoms with Crippen LogP contribution < -0.4 is 10.2 Å². The Kier molecular flexibility index (Phi) is 4.68. The predicted molar refractivity (Wildman–Crippen MR) is 74.3 cm³/mol. The van der Waals surface area contributed by atoms with Crippen molar-refractivity contribution in [1.29, 1.82) is 0 Å². The van der Waals surface area contributed by atoms with Crippen LogP contribution in [0.4, 0.5) is 10.2 Å². The third-order valence-corrected chi connectivity index (χ3v) is 3.49. The third kappa shape index (κ3) is 3.19. The van der Waals surface area contributed by atoms with Crippen molar-refractivity contribution < 1.29 is 4.39 Å². The largest absolute Gasteiger partial charge is 0.354 e. The lowest BCUT2D eigenvalue weighted by Crippen LogP contribution is -2.40. The first-order valence-electron chi connectivity index (χ1n) is 6.29. The number of anilines is 1. The van der Waals surface area contributed by atoms with Gasteiger partial charge in [0, 0.05) is 31.4 Å². The number of nitrogens with zero attached hydrogens (tertiary/aromatic N) is 2. The van der Waals surface area contributed by atoms with Gasteiger partial charge in [0.25, 0.3) is 0 Å². The molecule has 4 heteroatoms. The molecule has 0 saturated carbocycles. The lowest BCUT2D eigenvalue weighted by molar-refractivity contribution is 0.326. The first kappa shape index (κ1) is 14.9. The van der Waals surface area contributed by atoms with E-state index >= 15 is 0 Å². The van der Waals surface area contributed by atoms with Gasteiger partial charge in [0.1, 0.15) is 0 Å². The summed E-state index contributed by atoms with van der Waals surface area (Å²) in [5.41, 5.74) is 0.720. The van der Waals surface area contributed by atoms with Crippen molar-refractivity contribution in [2.75, 3.05) is 19.0 Å². The van der Waals surface area contributed by atoms with Crippen LogP contribution in [0.1, 0.15) is 33.3 Å². The van der Waals surface area contributed by atoms with Crippen LogP contribution >= 0.6 is 0 Å². The van der Waals surface area contributed by atoms with Gasteiger partial charge >= 0.3 is 0 Å². The molecule has 0 fully saturated rings. The summed E-state index contributed by atoms with van der Waals surface area (Å²) in [6.45, 7) is 9.03. The Labute approximate surface area is 109 Å². The Morgan fingerprint density at radius 2 is 2.06 bits per heavy atom. The minimum Gasteiger partial charge on any atom is -0.354 e. The topological polar surface area (TPSA) is 28.2 Å². The second-order valence-electron chi connectivity index (χ2n) is 5.79. The van der Waals surface area contributed by atoms with E-state index in [2.05, 4.69) is 38.0 Å². The molecule has 0 radical (unpaired) electrons. The average molecular weight is 253 g/mol. The highest BCUT2D eigenvalue weighted by Gasteiger charge is 2.26. The third-order valence-electron chi connectivity index (χ3n) is 3.49. The Morgan fingerprint density at radius 1 is 1.44 bits per heavy atom. The molecule has 0 aliphatic rings. The van der Waals surface area contributed by atoms with E-state index in [0.717, 1.165) is 0 Å². The van der Waals surface area contributed by atoms with Crippen LogP contribution in [-0.2, 0) is 6.54 Å². The quantitative estimate of drug-likeness (QED) is 0.894. The molecule has 18 heavy (non-hydrogen) atoms. The molecule has 102 valence electrons. The molecule has 0 spiro atoms. The number of nitrogens with one attached hydrogen (secondary N) is 1. The maximum Gasteiger partial charge on any atom is 0.170 e.